The molecule has 0 bridgehead atoms. The first-order valence-electron chi connectivity index (χ1n) is 7.12. The van der Waals surface area contributed by atoms with Crippen LogP contribution in [0.25, 0.3) is 0 Å². The zero-order chi connectivity index (χ0) is 17.3. The minimum absolute atomic E-state index is 0.0566. The van der Waals surface area contributed by atoms with Crippen molar-refractivity contribution in [2.75, 3.05) is 0 Å². The maximum atomic E-state index is 12.9. The van der Waals surface area contributed by atoms with Crippen LogP contribution in [-0.4, -0.2) is 22.1 Å². The Bertz CT molecular complexity index is 343. The summed E-state index contributed by atoms with van der Waals surface area (Å²) in [4.78, 5) is 16.6. The van der Waals surface area contributed by atoms with Gasteiger partial charge in [0.25, 0.3) is 0 Å². The monoisotopic (exact) mass is 356 g/mol. The van der Waals surface area contributed by atoms with Crippen molar-refractivity contribution in [2.45, 2.75) is 76.5 Å². The van der Waals surface area contributed by atoms with Crippen LogP contribution >= 0.6 is 7.82 Å². The lowest BCUT2D eigenvalue weighted by Gasteiger charge is -2.16. The minimum Gasteiger partial charge on any atom is -0.303 e. The molecule has 0 fully saturated rings. The molecule has 0 rings (SSSR count). The van der Waals surface area contributed by atoms with E-state index in [0.29, 0.717) is 25.7 Å². The number of phosphoric ester groups is 1. The van der Waals surface area contributed by atoms with E-state index < -0.39 is 32.9 Å². The van der Waals surface area contributed by atoms with Crippen LogP contribution < -0.4 is 0 Å². The Morgan fingerprint density at radius 2 is 1.09 bits per heavy atom. The Morgan fingerprint density at radius 1 is 0.727 bits per heavy atom. The summed E-state index contributed by atoms with van der Waals surface area (Å²) in [7, 11) is -5.21. The van der Waals surface area contributed by atoms with Crippen LogP contribution in [0, 0.1) is 0 Å². The SMILES string of the molecule is O=P(O)(O)OC(F)(F)CCCCCCCCCCC(F)(F)F. The molecular formula is C12H22F5O4P. The smallest absolute Gasteiger partial charge is 0.303 e. The van der Waals surface area contributed by atoms with Gasteiger partial charge in [0.1, 0.15) is 0 Å². The summed E-state index contributed by atoms with van der Waals surface area (Å²) in [6.45, 7) is 0. The Labute approximate surface area is 126 Å². The van der Waals surface area contributed by atoms with Crippen molar-refractivity contribution in [3.05, 3.63) is 0 Å². The highest BCUT2D eigenvalue weighted by Crippen LogP contribution is 2.44. The second-order valence-electron chi connectivity index (χ2n) is 5.16. The Kier molecular flexibility index (Phi) is 9.69. The van der Waals surface area contributed by atoms with Crippen molar-refractivity contribution in [1.82, 2.24) is 0 Å². The fourth-order valence-electron chi connectivity index (χ4n) is 1.94. The van der Waals surface area contributed by atoms with E-state index >= 15 is 0 Å². The first-order chi connectivity index (χ1) is 9.91. The molecule has 0 saturated heterocycles. The average molecular weight is 356 g/mol. The van der Waals surface area contributed by atoms with E-state index in [1.165, 1.54) is 0 Å². The van der Waals surface area contributed by atoms with Gasteiger partial charge < -0.3 is 9.79 Å². The fraction of sp³-hybridized carbons (Fsp3) is 1.00. The van der Waals surface area contributed by atoms with Crippen molar-refractivity contribution in [3.8, 4) is 0 Å². The van der Waals surface area contributed by atoms with Gasteiger partial charge in [-0.15, -0.1) is 0 Å². The fourth-order valence-corrected chi connectivity index (χ4v) is 2.38. The summed E-state index contributed by atoms with van der Waals surface area (Å²) >= 11 is 0. The highest BCUT2D eigenvalue weighted by atomic mass is 31.2. The average Bonchev–Trinajstić information content (AvgIpc) is 2.26. The van der Waals surface area contributed by atoms with Gasteiger partial charge in [-0.05, 0) is 12.8 Å². The summed E-state index contributed by atoms with van der Waals surface area (Å²) in [5.74, 6) is 0. The number of hydrogen-bond acceptors (Lipinski definition) is 2. The van der Waals surface area contributed by atoms with Crippen LogP contribution in [0.15, 0.2) is 0 Å². The van der Waals surface area contributed by atoms with E-state index in [0.717, 1.165) is 12.8 Å². The van der Waals surface area contributed by atoms with E-state index in [1.54, 1.807) is 0 Å². The predicted molar refractivity (Wildman–Crippen MR) is 70.3 cm³/mol. The summed E-state index contributed by atoms with van der Waals surface area (Å²) < 4.78 is 75.1. The van der Waals surface area contributed by atoms with Gasteiger partial charge in [-0.2, -0.15) is 22.0 Å². The topological polar surface area (TPSA) is 66.8 Å². The van der Waals surface area contributed by atoms with Crippen molar-refractivity contribution >= 4 is 7.82 Å². The molecule has 4 nitrogen and oxygen atoms in total. The van der Waals surface area contributed by atoms with Crippen LogP contribution in [-0.2, 0) is 9.09 Å². The summed E-state index contributed by atoms with van der Waals surface area (Å²) in [6, 6.07) is 0. The predicted octanol–water partition coefficient (Wildman–Crippen LogP) is 5.15. The molecule has 0 saturated carbocycles. The number of hydrogen-bond donors (Lipinski definition) is 2. The molecule has 22 heavy (non-hydrogen) atoms. The number of unbranched alkanes of at least 4 members (excludes halogenated alkanes) is 7. The van der Waals surface area contributed by atoms with E-state index in [1.807, 2.05) is 0 Å². The lowest BCUT2D eigenvalue weighted by atomic mass is 10.1. The molecule has 134 valence electrons. The molecule has 0 amide bonds. The van der Waals surface area contributed by atoms with Crippen LogP contribution in [0.2, 0.25) is 0 Å². The van der Waals surface area contributed by atoms with Crippen LogP contribution in [0.5, 0.6) is 0 Å². The van der Waals surface area contributed by atoms with Gasteiger partial charge in [-0.3, -0.25) is 0 Å². The maximum absolute atomic E-state index is 12.9. The molecule has 0 aliphatic carbocycles. The molecule has 0 aromatic carbocycles. The quantitative estimate of drug-likeness (QED) is 0.288. The first kappa shape index (κ1) is 21.8. The molecule has 0 aliphatic heterocycles. The van der Waals surface area contributed by atoms with Crippen molar-refractivity contribution in [3.63, 3.8) is 0 Å². The molecule has 0 atom stereocenters. The lowest BCUT2D eigenvalue weighted by molar-refractivity contribution is -0.191. The lowest BCUT2D eigenvalue weighted by Crippen LogP contribution is -2.18. The second-order valence-corrected chi connectivity index (χ2v) is 6.33. The molecular weight excluding hydrogens is 334 g/mol. The van der Waals surface area contributed by atoms with Gasteiger partial charge in [0, 0.05) is 12.8 Å². The number of alkyl halides is 5. The standard InChI is InChI=1S/C12H22F5O4P/c13-11(14,15)9-7-5-3-1-2-4-6-8-10-12(16,17)21-22(18,19)20/h1-10H2,(H2,18,19,20). The summed E-state index contributed by atoms with van der Waals surface area (Å²) in [5.41, 5.74) is 0. The molecule has 0 spiro atoms. The van der Waals surface area contributed by atoms with Gasteiger partial charge in [-0.1, -0.05) is 38.5 Å². The third kappa shape index (κ3) is 16.1. The van der Waals surface area contributed by atoms with Crippen molar-refractivity contribution < 1.29 is 40.8 Å². The van der Waals surface area contributed by atoms with Gasteiger partial charge >= 0.3 is 20.1 Å². The first-order valence-corrected chi connectivity index (χ1v) is 8.65. The van der Waals surface area contributed by atoms with E-state index in [-0.39, 0.29) is 12.8 Å². The third-order valence-electron chi connectivity index (χ3n) is 2.93. The molecule has 0 aliphatic rings. The molecule has 2 N–H and O–H groups in total. The largest absolute Gasteiger partial charge is 0.474 e. The molecule has 0 aromatic heterocycles. The Hall–Kier alpha value is -0.240. The van der Waals surface area contributed by atoms with E-state index in [9.17, 15) is 26.5 Å². The normalized spacial score (nSPS) is 13.6. The van der Waals surface area contributed by atoms with E-state index in [4.69, 9.17) is 9.79 Å². The van der Waals surface area contributed by atoms with Gasteiger partial charge in [0.05, 0.1) is 0 Å². The van der Waals surface area contributed by atoms with Crippen LogP contribution in [0.3, 0.4) is 0 Å². The highest BCUT2D eigenvalue weighted by molar-refractivity contribution is 7.46. The van der Waals surface area contributed by atoms with Gasteiger partial charge in [-0.25, -0.2) is 9.09 Å². The molecule has 0 aromatic rings. The van der Waals surface area contributed by atoms with Gasteiger partial charge in [0.15, 0.2) is 0 Å². The summed E-state index contributed by atoms with van der Waals surface area (Å²) in [6.07, 6.45) is -5.61. The van der Waals surface area contributed by atoms with Crippen LogP contribution in [0.4, 0.5) is 22.0 Å². The number of phosphoric acid groups is 1. The Balaban J connectivity index is 3.46. The van der Waals surface area contributed by atoms with Crippen molar-refractivity contribution in [2.24, 2.45) is 0 Å². The second kappa shape index (κ2) is 9.80. The summed E-state index contributed by atoms with van der Waals surface area (Å²) in [5, 5.41) is 0. The zero-order valence-electron chi connectivity index (χ0n) is 12.1. The Morgan fingerprint density at radius 3 is 1.45 bits per heavy atom. The molecule has 10 heteroatoms. The number of rotatable bonds is 12. The van der Waals surface area contributed by atoms with Gasteiger partial charge in [0.2, 0.25) is 0 Å². The third-order valence-corrected chi connectivity index (χ3v) is 3.44. The van der Waals surface area contributed by atoms with Crippen LogP contribution in [0.1, 0.15) is 64.2 Å². The highest BCUT2D eigenvalue weighted by Gasteiger charge is 2.37. The minimum atomic E-state index is -5.21. The van der Waals surface area contributed by atoms with E-state index in [2.05, 4.69) is 4.52 Å². The maximum Gasteiger partial charge on any atom is 0.474 e. The van der Waals surface area contributed by atoms with Crippen molar-refractivity contribution in [1.29, 1.82) is 0 Å². The molecule has 0 heterocycles. The zero-order valence-corrected chi connectivity index (χ0v) is 13.0. The molecule has 0 radical (unpaired) electrons. The number of halogens is 5. The molecule has 0 unspecified atom stereocenters.